The fourth-order valence-corrected chi connectivity index (χ4v) is 2.02. The van der Waals surface area contributed by atoms with Crippen LogP contribution in [0, 0.1) is 5.92 Å². The summed E-state index contributed by atoms with van der Waals surface area (Å²) in [6, 6.07) is 0. The van der Waals surface area contributed by atoms with Gasteiger partial charge < -0.3 is 14.7 Å². The molecule has 0 saturated carbocycles. The third-order valence-corrected chi connectivity index (χ3v) is 3.23. The van der Waals surface area contributed by atoms with Crippen LogP contribution in [0.3, 0.4) is 0 Å². The highest BCUT2D eigenvalue weighted by atomic mass is 16.5. The van der Waals surface area contributed by atoms with Crippen LogP contribution in [0.2, 0.25) is 0 Å². The van der Waals surface area contributed by atoms with Gasteiger partial charge in [0.15, 0.2) is 0 Å². The van der Waals surface area contributed by atoms with Crippen molar-refractivity contribution in [1.82, 2.24) is 4.90 Å². The van der Waals surface area contributed by atoms with Crippen molar-refractivity contribution in [2.24, 2.45) is 5.92 Å². The highest BCUT2D eigenvalue weighted by Gasteiger charge is 2.30. The molecule has 5 heteroatoms. The third-order valence-electron chi connectivity index (χ3n) is 3.23. The summed E-state index contributed by atoms with van der Waals surface area (Å²) < 4.78 is 5.22. The molecule has 0 aliphatic carbocycles. The predicted molar refractivity (Wildman–Crippen MR) is 62.6 cm³/mol. The van der Waals surface area contributed by atoms with Gasteiger partial charge in [0, 0.05) is 26.6 Å². The van der Waals surface area contributed by atoms with Crippen molar-refractivity contribution in [3.05, 3.63) is 0 Å². The molecule has 1 amide bonds. The second-order valence-electron chi connectivity index (χ2n) is 5.23. The van der Waals surface area contributed by atoms with E-state index in [4.69, 9.17) is 9.84 Å². The van der Waals surface area contributed by atoms with Crippen molar-refractivity contribution in [1.29, 1.82) is 0 Å². The van der Waals surface area contributed by atoms with Crippen molar-refractivity contribution < 1.29 is 19.4 Å². The Morgan fingerprint density at radius 3 is 2.65 bits per heavy atom. The van der Waals surface area contributed by atoms with Gasteiger partial charge in [-0.25, -0.2) is 0 Å². The minimum Gasteiger partial charge on any atom is -0.481 e. The second kappa shape index (κ2) is 5.49. The van der Waals surface area contributed by atoms with E-state index in [0.29, 0.717) is 19.5 Å². The average Bonchev–Trinajstić information content (AvgIpc) is 2.64. The summed E-state index contributed by atoms with van der Waals surface area (Å²) in [5.41, 5.74) is -0.456. The monoisotopic (exact) mass is 243 g/mol. The number of rotatable bonds is 5. The van der Waals surface area contributed by atoms with E-state index in [1.807, 2.05) is 13.8 Å². The molecule has 1 unspecified atom stereocenters. The summed E-state index contributed by atoms with van der Waals surface area (Å²) in [6.07, 6.45) is 1.27. The molecule has 17 heavy (non-hydrogen) atoms. The molecule has 1 atom stereocenters. The number of methoxy groups -OCH3 is 1. The van der Waals surface area contributed by atoms with Crippen molar-refractivity contribution in [3.8, 4) is 0 Å². The molecule has 98 valence electrons. The predicted octanol–water partition coefficient (Wildman–Crippen LogP) is 1.12. The number of carbonyl (C=O) groups is 2. The number of ether oxygens (including phenoxy) is 1. The van der Waals surface area contributed by atoms with Crippen molar-refractivity contribution in [2.45, 2.75) is 38.7 Å². The van der Waals surface area contributed by atoms with E-state index < -0.39 is 11.6 Å². The quantitative estimate of drug-likeness (QED) is 0.786. The molecule has 0 bridgehead atoms. The zero-order chi connectivity index (χ0) is 13.1. The Morgan fingerprint density at radius 2 is 2.12 bits per heavy atom. The minimum atomic E-state index is -0.790. The summed E-state index contributed by atoms with van der Waals surface area (Å²) in [4.78, 5) is 24.3. The van der Waals surface area contributed by atoms with E-state index in [2.05, 4.69) is 0 Å². The summed E-state index contributed by atoms with van der Waals surface area (Å²) in [5.74, 6) is -0.645. The van der Waals surface area contributed by atoms with E-state index in [1.165, 1.54) is 0 Å². The Kier molecular flexibility index (Phi) is 4.51. The molecule has 0 spiro atoms. The lowest BCUT2D eigenvalue weighted by Crippen LogP contribution is -2.36. The van der Waals surface area contributed by atoms with Crippen LogP contribution in [0.25, 0.3) is 0 Å². The molecule has 0 aromatic heterocycles. The zero-order valence-electron chi connectivity index (χ0n) is 10.7. The Hall–Kier alpha value is -1.10. The molecule has 0 aromatic carbocycles. The first-order valence-electron chi connectivity index (χ1n) is 5.89. The minimum absolute atomic E-state index is 0.0461. The van der Waals surface area contributed by atoms with Gasteiger partial charge in [-0.3, -0.25) is 9.59 Å². The van der Waals surface area contributed by atoms with Crippen LogP contribution < -0.4 is 0 Å². The first kappa shape index (κ1) is 14.0. The van der Waals surface area contributed by atoms with Crippen molar-refractivity contribution in [3.63, 3.8) is 0 Å². The van der Waals surface area contributed by atoms with Crippen molar-refractivity contribution in [2.75, 3.05) is 20.2 Å². The highest BCUT2D eigenvalue weighted by molar-refractivity contribution is 5.77. The molecule has 1 aliphatic rings. The number of aliphatic carboxylic acids is 1. The standard InChI is InChI=1S/C12H21NO4/c1-12(2,17-3)7-10(14)13-5-4-9(8-13)6-11(15)16/h9H,4-8H2,1-3H3,(H,15,16). The number of carbonyl (C=O) groups excluding carboxylic acids is 1. The molecule has 0 radical (unpaired) electrons. The van der Waals surface area contributed by atoms with Gasteiger partial charge in [0.2, 0.25) is 5.91 Å². The number of hydrogen-bond donors (Lipinski definition) is 1. The van der Waals surface area contributed by atoms with Gasteiger partial charge in [-0.05, 0) is 26.2 Å². The maximum atomic E-state index is 11.9. The molecule has 1 aliphatic heterocycles. The van der Waals surface area contributed by atoms with Gasteiger partial charge in [-0.15, -0.1) is 0 Å². The molecule has 1 fully saturated rings. The summed E-state index contributed by atoms with van der Waals surface area (Å²) in [7, 11) is 1.59. The van der Waals surface area contributed by atoms with Crippen LogP contribution >= 0.6 is 0 Å². The Morgan fingerprint density at radius 1 is 1.47 bits per heavy atom. The van der Waals surface area contributed by atoms with Gasteiger partial charge in [-0.1, -0.05) is 0 Å². The van der Waals surface area contributed by atoms with Crippen LogP contribution in [-0.4, -0.2) is 47.7 Å². The Balaban J connectivity index is 2.43. The molecule has 0 aromatic rings. The lowest BCUT2D eigenvalue weighted by molar-refractivity contribution is -0.139. The second-order valence-corrected chi connectivity index (χ2v) is 5.23. The number of nitrogens with zero attached hydrogens (tertiary/aromatic N) is 1. The number of amides is 1. The summed E-state index contributed by atoms with van der Waals surface area (Å²) >= 11 is 0. The van der Waals surface area contributed by atoms with Crippen LogP contribution in [0.1, 0.15) is 33.1 Å². The molecule has 1 rings (SSSR count). The number of likely N-dealkylation sites (tertiary alicyclic amines) is 1. The molecule has 1 saturated heterocycles. The lowest BCUT2D eigenvalue weighted by Gasteiger charge is -2.25. The van der Waals surface area contributed by atoms with E-state index >= 15 is 0 Å². The Labute approximate surface area is 102 Å². The third kappa shape index (κ3) is 4.34. The number of carboxylic acid groups (broad SMARTS) is 1. The smallest absolute Gasteiger partial charge is 0.303 e. The fourth-order valence-electron chi connectivity index (χ4n) is 2.02. The largest absolute Gasteiger partial charge is 0.481 e. The van der Waals surface area contributed by atoms with Crippen LogP contribution in [0.15, 0.2) is 0 Å². The van der Waals surface area contributed by atoms with E-state index in [1.54, 1.807) is 12.0 Å². The molecule has 5 nitrogen and oxygen atoms in total. The summed E-state index contributed by atoms with van der Waals surface area (Å²) in [5, 5.41) is 8.70. The van der Waals surface area contributed by atoms with Gasteiger partial charge in [0.05, 0.1) is 12.0 Å². The highest BCUT2D eigenvalue weighted by Crippen LogP contribution is 2.22. The van der Waals surface area contributed by atoms with Crippen LogP contribution in [0.5, 0.6) is 0 Å². The first-order valence-corrected chi connectivity index (χ1v) is 5.89. The van der Waals surface area contributed by atoms with Gasteiger partial charge >= 0.3 is 5.97 Å². The Bertz CT molecular complexity index is 301. The fraction of sp³-hybridized carbons (Fsp3) is 0.833. The van der Waals surface area contributed by atoms with Crippen LogP contribution in [-0.2, 0) is 14.3 Å². The maximum absolute atomic E-state index is 11.9. The van der Waals surface area contributed by atoms with Gasteiger partial charge in [0.1, 0.15) is 0 Å². The van der Waals surface area contributed by atoms with Crippen LogP contribution in [0.4, 0.5) is 0 Å². The van der Waals surface area contributed by atoms with E-state index in [-0.39, 0.29) is 18.2 Å². The zero-order valence-corrected chi connectivity index (χ0v) is 10.7. The molecule has 1 heterocycles. The van der Waals surface area contributed by atoms with Crippen molar-refractivity contribution >= 4 is 11.9 Å². The maximum Gasteiger partial charge on any atom is 0.303 e. The SMILES string of the molecule is COC(C)(C)CC(=O)N1CCC(CC(=O)O)C1. The normalized spacial score (nSPS) is 20.6. The van der Waals surface area contributed by atoms with Gasteiger partial charge in [-0.2, -0.15) is 0 Å². The topological polar surface area (TPSA) is 66.8 Å². The average molecular weight is 243 g/mol. The van der Waals surface area contributed by atoms with Gasteiger partial charge in [0.25, 0.3) is 0 Å². The van der Waals surface area contributed by atoms with E-state index in [9.17, 15) is 9.59 Å². The number of hydrogen-bond acceptors (Lipinski definition) is 3. The molecule has 1 N–H and O–H groups in total. The molecular weight excluding hydrogens is 222 g/mol. The van der Waals surface area contributed by atoms with E-state index in [0.717, 1.165) is 6.42 Å². The molecular formula is C12H21NO4. The summed E-state index contributed by atoms with van der Waals surface area (Å²) in [6.45, 7) is 4.97. The number of carboxylic acids is 1. The lowest BCUT2D eigenvalue weighted by atomic mass is 10.0. The first-order chi connectivity index (χ1) is 7.84.